The Bertz CT molecular complexity index is 607. The molecule has 22 heavy (non-hydrogen) atoms. The monoisotopic (exact) mass is 304 g/mol. The van der Waals surface area contributed by atoms with Crippen molar-refractivity contribution in [2.24, 2.45) is 16.7 Å². The molecule has 2 saturated carbocycles. The molecule has 0 saturated heterocycles. The lowest BCUT2D eigenvalue weighted by Crippen LogP contribution is -2.38. The Labute approximate surface area is 131 Å². The van der Waals surface area contributed by atoms with E-state index in [0.717, 1.165) is 12.8 Å². The smallest absolute Gasteiger partial charge is 0.338 e. The second-order valence-electron chi connectivity index (χ2n) is 7.39. The molecule has 0 aliphatic heterocycles. The lowest BCUT2D eigenvalue weighted by molar-refractivity contribution is -0.0242. The van der Waals surface area contributed by atoms with Gasteiger partial charge in [0.1, 0.15) is 6.10 Å². The van der Waals surface area contributed by atoms with Crippen LogP contribution in [0, 0.1) is 16.7 Å². The first-order valence-corrected chi connectivity index (χ1v) is 7.87. The average molecular weight is 304 g/mol. The van der Waals surface area contributed by atoms with E-state index in [4.69, 9.17) is 9.47 Å². The largest absolute Gasteiger partial charge is 0.504 e. The Morgan fingerprint density at radius 2 is 2.05 bits per heavy atom. The highest BCUT2D eigenvalue weighted by Crippen LogP contribution is 2.66. The fraction of sp³-hybridized carbons (Fsp3) is 0.611. The molecule has 2 fully saturated rings. The number of fused-ring (bicyclic) bond motifs is 2. The number of carbonyl (C=O) groups is 1. The van der Waals surface area contributed by atoms with E-state index in [2.05, 4.69) is 20.8 Å². The lowest BCUT2D eigenvalue weighted by atomic mass is 9.70. The van der Waals surface area contributed by atoms with E-state index in [0.29, 0.717) is 17.2 Å². The molecule has 0 aromatic heterocycles. The Kier molecular flexibility index (Phi) is 3.38. The van der Waals surface area contributed by atoms with Crippen molar-refractivity contribution in [3.63, 3.8) is 0 Å². The molecule has 3 rings (SSSR count). The van der Waals surface area contributed by atoms with Gasteiger partial charge in [0.15, 0.2) is 11.5 Å². The third kappa shape index (κ3) is 2.00. The van der Waals surface area contributed by atoms with Crippen LogP contribution in [0.1, 0.15) is 50.4 Å². The number of aromatic hydroxyl groups is 1. The van der Waals surface area contributed by atoms with Crippen LogP contribution >= 0.6 is 0 Å². The molecule has 3 unspecified atom stereocenters. The molecule has 120 valence electrons. The molecule has 0 spiro atoms. The zero-order valence-corrected chi connectivity index (χ0v) is 13.7. The van der Waals surface area contributed by atoms with E-state index in [1.807, 2.05) is 0 Å². The van der Waals surface area contributed by atoms with Crippen molar-refractivity contribution in [1.29, 1.82) is 0 Å². The molecule has 4 nitrogen and oxygen atoms in total. The SMILES string of the molecule is COc1ccc(C(=O)OC2CC3CCC2(C)C3(C)C)cc1O. The second kappa shape index (κ2) is 4.90. The maximum absolute atomic E-state index is 12.4. The van der Waals surface area contributed by atoms with Crippen LogP contribution in [0.15, 0.2) is 18.2 Å². The molecule has 0 amide bonds. The molecular formula is C18H24O4. The molecule has 2 aliphatic rings. The van der Waals surface area contributed by atoms with Crippen LogP contribution in [0.2, 0.25) is 0 Å². The summed E-state index contributed by atoms with van der Waals surface area (Å²) in [5, 5.41) is 9.81. The van der Waals surface area contributed by atoms with Gasteiger partial charge in [-0.05, 0) is 48.8 Å². The van der Waals surface area contributed by atoms with Crippen LogP contribution in [0.25, 0.3) is 0 Å². The topological polar surface area (TPSA) is 55.8 Å². The number of rotatable bonds is 3. The van der Waals surface area contributed by atoms with Gasteiger partial charge in [0.25, 0.3) is 0 Å². The zero-order chi connectivity index (χ0) is 16.1. The van der Waals surface area contributed by atoms with Crippen LogP contribution in [0.3, 0.4) is 0 Å². The highest BCUT2D eigenvalue weighted by Gasteiger charge is 2.62. The van der Waals surface area contributed by atoms with Crippen LogP contribution in [0.4, 0.5) is 0 Å². The molecule has 0 heterocycles. The number of esters is 1. The third-order valence-electron chi connectivity index (χ3n) is 6.38. The molecule has 1 N–H and O–H groups in total. The van der Waals surface area contributed by atoms with Crippen molar-refractivity contribution in [1.82, 2.24) is 0 Å². The van der Waals surface area contributed by atoms with Gasteiger partial charge in [0.2, 0.25) is 0 Å². The summed E-state index contributed by atoms with van der Waals surface area (Å²) in [5.74, 6) is 0.563. The number of ether oxygens (including phenoxy) is 2. The van der Waals surface area contributed by atoms with E-state index < -0.39 is 0 Å². The minimum atomic E-state index is -0.368. The Morgan fingerprint density at radius 1 is 1.32 bits per heavy atom. The highest BCUT2D eigenvalue weighted by atomic mass is 16.5. The van der Waals surface area contributed by atoms with Crippen molar-refractivity contribution in [3.05, 3.63) is 23.8 Å². The van der Waals surface area contributed by atoms with Gasteiger partial charge in [-0.3, -0.25) is 0 Å². The van der Waals surface area contributed by atoms with Crippen molar-refractivity contribution in [2.75, 3.05) is 7.11 Å². The first-order valence-electron chi connectivity index (χ1n) is 7.87. The van der Waals surface area contributed by atoms with Crippen LogP contribution in [-0.2, 0) is 4.74 Å². The number of carbonyl (C=O) groups excluding carboxylic acids is 1. The number of phenolic OH excluding ortho intramolecular Hbond substituents is 1. The molecule has 0 radical (unpaired) electrons. The summed E-state index contributed by atoms with van der Waals surface area (Å²) in [6.07, 6.45) is 3.23. The van der Waals surface area contributed by atoms with Gasteiger partial charge in [-0.1, -0.05) is 20.8 Å². The summed E-state index contributed by atoms with van der Waals surface area (Å²) in [6, 6.07) is 4.61. The van der Waals surface area contributed by atoms with E-state index in [1.165, 1.54) is 19.6 Å². The summed E-state index contributed by atoms with van der Waals surface area (Å²) >= 11 is 0. The maximum Gasteiger partial charge on any atom is 0.338 e. The molecule has 4 heteroatoms. The van der Waals surface area contributed by atoms with Gasteiger partial charge in [0, 0.05) is 5.41 Å². The van der Waals surface area contributed by atoms with Crippen LogP contribution < -0.4 is 4.74 Å². The fourth-order valence-corrected chi connectivity index (χ4v) is 4.32. The normalized spacial score (nSPS) is 32.0. The van der Waals surface area contributed by atoms with Crippen molar-refractivity contribution in [3.8, 4) is 11.5 Å². The minimum absolute atomic E-state index is 0.0435. The summed E-state index contributed by atoms with van der Waals surface area (Å²) in [5.41, 5.74) is 0.615. The standard InChI is InChI=1S/C18H24O4/c1-17(2)12-7-8-18(17,3)15(10-12)22-16(20)11-5-6-14(21-4)13(19)9-11/h5-6,9,12,15,19H,7-8,10H2,1-4H3. The van der Waals surface area contributed by atoms with E-state index in [-0.39, 0.29) is 28.7 Å². The molecule has 1 aromatic carbocycles. The first kappa shape index (κ1) is 15.2. The molecule has 3 atom stereocenters. The van der Waals surface area contributed by atoms with Crippen molar-refractivity contribution < 1.29 is 19.4 Å². The number of hydrogen-bond donors (Lipinski definition) is 1. The molecule has 2 bridgehead atoms. The first-order chi connectivity index (χ1) is 10.3. The lowest BCUT2D eigenvalue weighted by Gasteiger charge is -2.38. The van der Waals surface area contributed by atoms with E-state index in [9.17, 15) is 9.90 Å². The minimum Gasteiger partial charge on any atom is -0.504 e. The van der Waals surface area contributed by atoms with Crippen molar-refractivity contribution in [2.45, 2.75) is 46.1 Å². The third-order valence-corrected chi connectivity index (χ3v) is 6.38. The number of methoxy groups -OCH3 is 1. The maximum atomic E-state index is 12.4. The van der Waals surface area contributed by atoms with Gasteiger partial charge in [-0.2, -0.15) is 0 Å². The van der Waals surface area contributed by atoms with Gasteiger partial charge in [-0.15, -0.1) is 0 Å². The Hall–Kier alpha value is -1.71. The van der Waals surface area contributed by atoms with E-state index >= 15 is 0 Å². The van der Waals surface area contributed by atoms with Crippen molar-refractivity contribution >= 4 is 5.97 Å². The average Bonchev–Trinajstić information content (AvgIpc) is 2.80. The highest BCUT2D eigenvalue weighted by molar-refractivity contribution is 5.90. The van der Waals surface area contributed by atoms with Gasteiger partial charge in [-0.25, -0.2) is 4.79 Å². The second-order valence-corrected chi connectivity index (χ2v) is 7.39. The molecular weight excluding hydrogens is 280 g/mol. The Morgan fingerprint density at radius 3 is 2.55 bits per heavy atom. The van der Waals surface area contributed by atoms with E-state index in [1.54, 1.807) is 12.1 Å². The predicted octanol–water partition coefficient (Wildman–Crippen LogP) is 3.77. The summed E-state index contributed by atoms with van der Waals surface area (Å²) in [6.45, 7) is 6.82. The summed E-state index contributed by atoms with van der Waals surface area (Å²) in [7, 11) is 1.48. The zero-order valence-electron chi connectivity index (χ0n) is 13.7. The van der Waals surface area contributed by atoms with Gasteiger partial charge < -0.3 is 14.6 Å². The Balaban J connectivity index is 1.77. The number of phenols is 1. The van der Waals surface area contributed by atoms with Gasteiger partial charge >= 0.3 is 5.97 Å². The quantitative estimate of drug-likeness (QED) is 0.864. The molecule has 2 aliphatic carbocycles. The number of hydrogen-bond acceptors (Lipinski definition) is 4. The van der Waals surface area contributed by atoms with Crippen LogP contribution in [-0.4, -0.2) is 24.3 Å². The van der Waals surface area contributed by atoms with Crippen LogP contribution in [0.5, 0.6) is 11.5 Å². The number of benzene rings is 1. The summed E-state index contributed by atoms with van der Waals surface area (Å²) in [4.78, 5) is 12.4. The predicted molar refractivity (Wildman–Crippen MR) is 83.1 cm³/mol. The molecule has 1 aromatic rings. The van der Waals surface area contributed by atoms with Gasteiger partial charge in [0.05, 0.1) is 12.7 Å². The fourth-order valence-electron chi connectivity index (χ4n) is 4.32. The summed E-state index contributed by atoms with van der Waals surface area (Å²) < 4.78 is 10.8.